The highest BCUT2D eigenvalue weighted by molar-refractivity contribution is 6.30. The number of nitrogens with zero attached hydrogens (tertiary/aromatic N) is 3. The molecule has 2 saturated heterocycles. The highest BCUT2D eigenvalue weighted by Gasteiger charge is 2.34. The van der Waals surface area contributed by atoms with Crippen LogP contribution in [0.15, 0.2) is 0 Å². The summed E-state index contributed by atoms with van der Waals surface area (Å²) in [5.74, 6) is 0.220. The van der Waals surface area contributed by atoms with Gasteiger partial charge in [0.15, 0.2) is 0 Å². The van der Waals surface area contributed by atoms with Crippen LogP contribution in [0, 0.1) is 6.92 Å². The summed E-state index contributed by atoms with van der Waals surface area (Å²) in [4.78, 5) is 14.6. The number of hydrogen-bond acceptors (Lipinski definition) is 3. The van der Waals surface area contributed by atoms with Gasteiger partial charge in [-0.1, -0.05) is 11.6 Å². The van der Waals surface area contributed by atoms with Gasteiger partial charge in [-0.2, -0.15) is 5.10 Å². The van der Waals surface area contributed by atoms with E-state index in [0.717, 1.165) is 56.5 Å². The third kappa shape index (κ3) is 3.01. The van der Waals surface area contributed by atoms with Crippen molar-refractivity contribution in [1.82, 2.24) is 14.7 Å². The van der Waals surface area contributed by atoms with E-state index in [-0.39, 0.29) is 18.1 Å². The Labute approximate surface area is 136 Å². The maximum absolute atomic E-state index is 12.6. The lowest BCUT2D eigenvalue weighted by Gasteiger charge is -2.25. The Morgan fingerprint density at radius 1 is 1.41 bits per heavy atom. The molecule has 0 N–H and O–H groups in total. The minimum atomic E-state index is 0.0817. The first-order chi connectivity index (χ1) is 10.6. The second-order valence-corrected chi connectivity index (χ2v) is 6.69. The van der Waals surface area contributed by atoms with Crippen LogP contribution in [0.3, 0.4) is 0 Å². The lowest BCUT2D eigenvalue weighted by atomic mass is 10.0. The van der Waals surface area contributed by atoms with Gasteiger partial charge in [-0.15, -0.1) is 0 Å². The molecule has 0 aliphatic carbocycles. The molecule has 0 saturated carbocycles. The van der Waals surface area contributed by atoms with Crippen LogP contribution >= 0.6 is 11.6 Å². The van der Waals surface area contributed by atoms with Crippen LogP contribution in [0.4, 0.5) is 0 Å². The fourth-order valence-electron chi connectivity index (χ4n) is 3.69. The van der Waals surface area contributed by atoms with Gasteiger partial charge in [-0.05, 0) is 39.0 Å². The Bertz CT molecular complexity index is 552. The minimum Gasteiger partial charge on any atom is -0.378 e. The molecule has 0 aromatic carbocycles. The van der Waals surface area contributed by atoms with Crippen LogP contribution in [0.5, 0.6) is 0 Å². The summed E-state index contributed by atoms with van der Waals surface area (Å²) in [6.45, 7) is 3.63. The van der Waals surface area contributed by atoms with E-state index in [4.69, 9.17) is 16.3 Å². The van der Waals surface area contributed by atoms with E-state index in [9.17, 15) is 4.79 Å². The molecule has 122 valence electrons. The van der Waals surface area contributed by atoms with Crippen molar-refractivity contribution in [2.45, 2.75) is 57.6 Å². The second kappa shape index (κ2) is 6.59. The van der Waals surface area contributed by atoms with E-state index in [0.29, 0.717) is 11.6 Å². The number of aromatic nitrogens is 2. The SMILES string of the molecule is Cc1nn(C)c(Cl)c1C1CCCN1C(=O)CCC1CCCO1. The predicted octanol–water partition coefficient (Wildman–Crippen LogP) is 3.00. The summed E-state index contributed by atoms with van der Waals surface area (Å²) in [5, 5.41) is 5.04. The van der Waals surface area contributed by atoms with Crippen molar-refractivity contribution in [3.05, 3.63) is 16.4 Å². The van der Waals surface area contributed by atoms with Crippen LogP contribution < -0.4 is 0 Å². The lowest BCUT2D eigenvalue weighted by molar-refractivity contribution is -0.132. The summed E-state index contributed by atoms with van der Waals surface area (Å²) < 4.78 is 7.31. The highest BCUT2D eigenvalue weighted by atomic mass is 35.5. The zero-order valence-electron chi connectivity index (χ0n) is 13.3. The predicted molar refractivity (Wildman–Crippen MR) is 84.9 cm³/mol. The van der Waals surface area contributed by atoms with Crippen molar-refractivity contribution >= 4 is 17.5 Å². The summed E-state index contributed by atoms with van der Waals surface area (Å²) in [7, 11) is 1.84. The van der Waals surface area contributed by atoms with E-state index in [1.54, 1.807) is 4.68 Å². The first kappa shape index (κ1) is 15.8. The zero-order valence-corrected chi connectivity index (χ0v) is 14.1. The van der Waals surface area contributed by atoms with Gasteiger partial charge in [0.25, 0.3) is 0 Å². The summed E-state index contributed by atoms with van der Waals surface area (Å²) >= 11 is 6.39. The minimum absolute atomic E-state index is 0.0817. The first-order valence-corrected chi connectivity index (χ1v) is 8.55. The maximum Gasteiger partial charge on any atom is 0.223 e. The molecule has 1 aromatic rings. The monoisotopic (exact) mass is 325 g/mol. The van der Waals surface area contributed by atoms with Crippen molar-refractivity contribution in [3.8, 4) is 0 Å². The molecule has 0 spiro atoms. The molecule has 22 heavy (non-hydrogen) atoms. The smallest absolute Gasteiger partial charge is 0.223 e. The summed E-state index contributed by atoms with van der Waals surface area (Å²) in [6.07, 6.45) is 5.88. The van der Waals surface area contributed by atoms with Gasteiger partial charge in [-0.25, -0.2) is 0 Å². The second-order valence-electron chi connectivity index (χ2n) is 6.33. The van der Waals surface area contributed by atoms with Gasteiger partial charge in [0.1, 0.15) is 5.15 Å². The van der Waals surface area contributed by atoms with Crippen molar-refractivity contribution in [3.63, 3.8) is 0 Å². The molecule has 0 radical (unpaired) electrons. The lowest BCUT2D eigenvalue weighted by Crippen LogP contribution is -2.31. The maximum atomic E-state index is 12.6. The summed E-state index contributed by atoms with van der Waals surface area (Å²) in [6, 6.07) is 0.0817. The number of ether oxygens (including phenoxy) is 1. The number of hydrogen-bond donors (Lipinski definition) is 0. The van der Waals surface area contributed by atoms with Gasteiger partial charge >= 0.3 is 0 Å². The molecule has 5 nitrogen and oxygen atoms in total. The average molecular weight is 326 g/mol. The number of likely N-dealkylation sites (tertiary alicyclic amines) is 1. The van der Waals surface area contributed by atoms with Gasteiger partial charge in [0.2, 0.25) is 5.91 Å². The van der Waals surface area contributed by atoms with Gasteiger partial charge < -0.3 is 9.64 Å². The molecule has 2 aliphatic heterocycles. The molecule has 3 rings (SSSR count). The normalized spacial score (nSPS) is 25.1. The Hall–Kier alpha value is -1.07. The molecular weight excluding hydrogens is 302 g/mol. The van der Waals surface area contributed by atoms with Gasteiger partial charge in [0, 0.05) is 32.2 Å². The van der Waals surface area contributed by atoms with Crippen LogP contribution in [-0.4, -0.2) is 39.8 Å². The third-order valence-electron chi connectivity index (χ3n) is 4.81. The number of amides is 1. The zero-order chi connectivity index (χ0) is 15.7. The molecule has 2 unspecified atom stereocenters. The molecule has 6 heteroatoms. The van der Waals surface area contributed by atoms with Crippen LogP contribution in [-0.2, 0) is 16.6 Å². The van der Waals surface area contributed by atoms with Crippen LogP contribution in [0.1, 0.15) is 55.8 Å². The number of carbonyl (C=O) groups is 1. The average Bonchev–Trinajstić information content (AvgIpc) is 3.19. The van der Waals surface area contributed by atoms with E-state index >= 15 is 0 Å². The highest BCUT2D eigenvalue weighted by Crippen LogP contribution is 2.38. The molecule has 2 fully saturated rings. The first-order valence-electron chi connectivity index (χ1n) is 8.18. The van der Waals surface area contributed by atoms with Crippen molar-refractivity contribution < 1.29 is 9.53 Å². The molecule has 2 aliphatic rings. The quantitative estimate of drug-likeness (QED) is 0.855. The molecule has 3 heterocycles. The fraction of sp³-hybridized carbons (Fsp3) is 0.750. The number of aryl methyl sites for hydroxylation is 2. The Balaban J connectivity index is 1.68. The van der Waals surface area contributed by atoms with E-state index in [1.165, 1.54) is 0 Å². The van der Waals surface area contributed by atoms with Crippen molar-refractivity contribution in [1.29, 1.82) is 0 Å². The third-order valence-corrected chi connectivity index (χ3v) is 5.25. The van der Waals surface area contributed by atoms with E-state index in [1.807, 2.05) is 18.9 Å². The Morgan fingerprint density at radius 2 is 2.23 bits per heavy atom. The standard InChI is InChI=1S/C16H24ClN3O2/c1-11-15(16(17)19(2)18-11)13-6-3-9-20(13)14(21)8-7-12-5-4-10-22-12/h12-13H,3-10H2,1-2H3. The topological polar surface area (TPSA) is 47.4 Å². The van der Waals surface area contributed by atoms with Gasteiger partial charge in [0.05, 0.1) is 17.8 Å². The largest absolute Gasteiger partial charge is 0.378 e. The molecule has 1 amide bonds. The van der Waals surface area contributed by atoms with Crippen LogP contribution in [0.2, 0.25) is 5.15 Å². The van der Waals surface area contributed by atoms with Crippen molar-refractivity contribution in [2.24, 2.45) is 7.05 Å². The molecule has 2 atom stereocenters. The Kier molecular flexibility index (Phi) is 4.73. The van der Waals surface area contributed by atoms with Crippen LogP contribution in [0.25, 0.3) is 0 Å². The summed E-state index contributed by atoms with van der Waals surface area (Å²) in [5.41, 5.74) is 1.95. The van der Waals surface area contributed by atoms with E-state index < -0.39 is 0 Å². The fourth-order valence-corrected chi connectivity index (χ4v) is 3.99. The van der Waals surface area contributed by atoms with Gasteiger partial charge in [-0.3, -0.25) is 9.48 Å². The molecule has 0 bridgehead atoms. The molecular formula is C16H24ClN3O2. The number of halogens is 1. The van der Waals surface area contributed by atoms with E-state index in [2.05, 4.69) is 5.10 Å². The molecule has 1 aromatic heterocycles. The van der Waals surface area contributed by atoms with Crippen molar-refractivity contribution in [2.75, 3.05) is 13.2 Å². The Morgan fingerprint density at radius 3 is 2.86 bits per heavy atom. The number of rotatable bonds is 4. The number of carbonyl (C=O) groups excluding carboxylic acids is 1.